The number of carbonyl (C=O) groups is 1. The highest BCUT2D eigenvalue weighted by atomic mass is 127. The Bertz CT molecular complexity index is 733. The highest BCUT2D eigenvalue weighted by molar-refractivity contribution is 14.0. The smallest absolute Gasteiger partial charge is 0.239 e. The second-order valence-electron chi connectivity index (χ2n) is 5.72. The van der Waals surface area contributed by atoms with Crippen LogP contribution >= 0.6 is 24.0 Å². The fourth-order valence-corrected chi connectivity index (χ4v) is 2.31. The molecule has 1 aromatic carbocycles. The highest BCUT2D eigenvalue weighted by Gasteiger charge is 2.06. The first-order valence-corrected chi connectivity index (χ1v) is 8.57. The lowest BCUT2D eigenvalue weighted by Gasteiger charge is -2.12. The molecule has 0 saturated carbocycles. The lowest BCUT2D eigenvalue weighted by Crippen LogP contribution is -2.43. The van der Waals surface area contributed by atoms with Gasteiger partial charge in [-0.3, -0.25) is 4.79 Å². The van der Waals surface area contributed by atoms with Gasteiger partial charge in [0, 0.05) is 12.1 Å². The molecule has 148 valence electrons. The molecule has 2 rings (SSSR count). The van der Waals surface area contributed by atoms with Crippen LogP contribution in [0.3, 0.4) is 0 Å². The lowest BCUT2D eigenvalue weighted by molar-refractivity contribution is -0.120. The molecule has 0 bridgehead atoms. The van der Waals surface area contributed by atoms with Gasteiger partial charge < -0.3 is 25.1 Å². The third kappa shape index (κ3) is 7.90. The van der Waals surface area contributed by atoms with Crippen LogP contribution in [0.5, 0.6) is 5.75 Å². The van der Waals surface area contributed by atoms with Crippen LogP contribution in [0.2, 0.25) is 0 Å². The van der Waals surface area contributed by atoms with Gasteiger partial charge in [0.25, 0.3) is 0 Å². The van der Waals surface area contributed by atoms with Crippen molar-refractivity contribution in [3.8, 4) is 5.75 Å². The van der Waals surface area contributed by atoms with E-state index in [-0.39, 0.29) is 36.4 Å². The monoisotopic (exact) mass is 486 g/mol. The predicted molar refractivity (Wildman–Crippen MR) is 117 cm³/mol. The van der Waals surface area contributed by atoms with Gasteiger partial charge in [-0.25, -0.2) is 4.99 Å². The van der Waals surface area contributed by atoms with Crippen LogP contribution in [-0.4, -0.2) is 32.1 Å². The molecule has 0 aliphatic heterocycles. The number of amides is 1. The molecular formula is C19H27IN4O3. The predicted octanol–water partition coefficient (Wildman–Crippen LogP) is 2.59. The molecule has 2 aromatic rings. The van der Waals surface area contributed by atoms with Crippen molar-refractivity contribution in [1.29, 1.82) is 0 Å². The van der Waals surface area contributed by atoms with Gasteiger partial charge in [0.05, 0.1) is 33.0 Å². The highest BCUT2D eigenvalue weighted by Crippen LogP contribution is 2.20. The van der Waals surface area contributed by atoms with Crippen molar-refractivity contribution in [2.24, 2.45) is 4.99 Å². The maximum Gasteiger partial charge on any atom is 0.239 e. The maximum absolute atomic E-state index is 11.9. The summed E-state index contributed by atoms with van der Waals surface area (Å²) in [6.07, 6.45) is 1.58. The molecule has 7 nitrogen and oxygen atoms in total. The number of hydrogen-bond acceptors (Lipinski definition) is 4. The molecule has 3 N–H and O–H groups in total. The van der Waals surface area contributed by atoms with Crippen molar-refractivity contribution >= 4 is 35.8 Å². The summed E-state index contributed by atoms with van der Waals surface area (Å²) >= 11 is 0. The molecule has 27 heavy (non-hydrogen) atoms. The van der Waals surface area contributed by atoms with Gasteiger partial charge in [0.1, 0.15) is 11.5 Å². The van der Waals surface area contributed by atoms with Gasteiger partial charge in [-0.2, -0.15) is 0 Å². The average molecular weight is 486 g/mol. The summed E-state index contributed by atoms with van der Waals surface area (Å²) in [6.45, 7) is 5.63. The number of guanidine groups is 1. The normalized spacial score (nSPS) is 10.7. The van der Waals surface area contributed by atoms with Gasteiger partial charge in [0.2, 0.25) is 5.91 Å². The molecule has 1 heterocycles. The minimum Gasteiger partial charge on any atom is -0.496 e. The van der Waals surface area contributed by atoms with E-state index in [1.54, 1.807) is 19.4 Å². The number of hydrogen-bond donors (Lipinski definition) is 3. The van der Waals surface area contributed by atoms with Crippen LogP contribution in [0.25, 0.3) is 0 Å². The number of aliphatic imine (C=N–C) groups is 1. The first-order valence-electron chi connectivity index (χ1n) is 8.57. The largest absolute Gasteiger partial charge is 0.496 e. The van der Waals surface area contributed by atoms with Crippen LogP contribution in [0, 0.1) is 6.92 Å². The topological polar surface area (TPSA) is 87.9 Å². The number of ether oxygens (including phenoxy) is 1. The number of benzene rings is 1. The third-order valence-electron chi connectivity index (χ3n) is 3.65. The molecule has 8 heteroatoms. The zero-order valence-corrected chi connectivity index (χ0v) is 18.2. The summed E-state index contributed by atoms with van der Waals surface area (Å²) in [4.78, 5) is 16.5. The Balaban J connectivity index is 0.00000364. The van der Waals surface area contributed by atoms with Crippen molar-refractivity contribution < 1.29 is 13.9 Å². The SMILES string of the molecule is CCNC(=NCc1ccc(C)cc1OC)NCC(=O)NCc1ccco1.I. The van der Waals surface area contributed by atoms with E-state index < -0.39 is 0 Å². The van der Waals surface area contributed by atoms with Gasteiger partial charge in [-0.1, -0.05) is 12.1 Å². The zero-order valence-electron chi connectivity index (χ0n) is 15.9. The summed E-state index contributed by atoms with van der Waals surface area (Å²) in [5.74, 6) is 1.95. The molecule has 0 aliphatic carbocycles. The van der Waals surface area contributed by atoms with Crippen molar-refractivity contribution in [1.82, 2.24) is 16.0 Å². The van der Waals surface area contributed by atoms with Crippen molar-refractivity contribution in [2.45, 2.75) is 26.9 Å². The quantitative estimate of drug-likeness (QED) is 0.304. The van der Waals surface area contributed by atoms with Crippen molar-refractivity contribution in [3.05, 3.63) is 53.5 Å². The fraction of sp³-hybridized carbons (Fsp3) is 0.368. The Morgan fingerprint density at radius 3 is 2.70 bits per heavy atom. The molecule has 0 spiro atoms. The molecule has 0 aliphatic rings. The summed E-state index contributed by atoms with van der Waals surface area (Å²) < 4.78 is 10.6. The summed E-state index contributed by atoms with van der Waals surface area (Å²) in [7, 11) is 1.65. The number of nitrogens with zero attached hydrogens (tertiary/aromatic N) is 1. The first-order chi connectivity index (χ1) is 12.6. The van der Waals surface area contributed by atoms with Gasteiger partial charge >= 0.3 is 0 Å². The van der Waals surface area contributed by atoms with E-state index in [0.29, 0.717) is 31.4 Å². The second kappa shape index (κ2) is 12.2. The summed E-state index contributed by atoms with van der Waals surface area (Å²) in [5.41, 5.74) is 2.12. The number of furan rings is 1. The third-order valence-corrected chi connectivity index (χ3v) is 3.65. The van der Waals surface area contributed by atoms with Crippen molar-refractivity contribution in [3.63, 3.8) is 0 Å². The number of carbonyl (C=O) groups excluding carboxylic acids is 1. The Hall–Kier alpha value is -2.23. The van der Waals surface area contributed by atoms with E-state index in [1.807, 2.05) is 38.1 Å². The Kier molecular flexibility index (Phi) is 10.3. The van der Waals surface area contributed by atoms with Crippen LogP contribution in [0.4, 0.5) is 0 Å². The van der Waals surface area contributed by atoms with E-state index in [4.69, 9.17) is 9.15 Å². The molecule has 0 unspecified atom stereocenters. The lowest BCUT2D eigenvalue weighted by atomic mass is 10.1. The molecule has 1 amide bonds. The molecule has 0 atom stereocenters. The van der Waals surface area contributed by atoms with Crippen LogP contribution < -0.4 is 20.7 Å². The Morgan fingerprint density at radius 2 is 2.04 bits per heavy atom. The zero-order chi connectivity index (χ0) is 18.8. The summed E-state index contributed by atoms with van der Waals surface area (Å²) in [6, 6.07) is 9.60. The summed E-state index contributed by atoms with van der Waals surface area (Å²) in [5, 5.41) is 8.93. The molecule has 0 fully saturated rings. The van der Waals surface area contributed by atoms with E-state index in [0.717, 1.165) is 16.9 Å². The van der Waals surface area contributed by atoms with E-state index >= 15 is 0 Å². The first kappa shape index (κ1) is 22.8. The Morgan fingerprint density at radius 1 is 1.22 bits per heavy atom. The van der Waals surface area contributed by atoms with Crippen LogP contribution in [0.1, 0.15) is 23.8 Å². The number of aryl methyl sites for hydroxylation is 1. The number of halogens is 1. The van der Waals surface area contributed by atoms with Crippen molar-refractivity contribution in [2.75, 3.05) is 20.2 Å². The van der Waals surface area contributed by atoms with E-state index in [1.165, 1.54) is 0 Å². The van der Waals surface area contributed by atoms with Crippen LogP contribution in [0.15, 0.2) is 46.0 Å². The van der Waals surface area contributed by atoms with E-state index in [9.17, 15) is 4.79 Å². The Labute approximate surface area is 177 Å². The fourth-order valence-electron chi connectivity index (χ4n) is 2.31. The number of rotatable bonds is 8. The standard InChI is InChI=1S/C19H26N4O3.HI/c1-4-20-19(22-11-15-8-7-14(2)10-17(15)25-3)23-13-18(24)21-12-16-6-5-9-26-16;/h5-10H,4,11-13H2,1-3H3,(H,21,24)(H2,20,22,23);1H. The molecule has 0 saturated heterocycles. The van der Waals surface area contributed by atoms with Gasteiger partial charge in [-0.15, -0.1) is 24.0 Å². The molecule has 1 aromatic heterocycles. The molecular weight excluding hydrogens is 459 g/mol. The molecule has 0 radical (unpaired) electrons. The average Bonchev–Trinajstić information content (AvgIpc) is 3.16. The second-order valence-corrected chi connectivity index (χ2v) is 5.72. The number of nitrogens with one attached hydrogen (secondary N) is 3. The van der Waals surface area contributed by atoms with Gasteiger partial charge in [-0.05, 0) is 37.6 Å². The minimum absolute atomic E-state index is 0. The van der Waals surface area contributed by atoms with E-state index in [2.05, 4.69) is 20.9 Å². The minimum atomic E-state index is -0.139. The number of methoxy groups -OCH3 is 1. The van der Waals surface area contributed by atoms with Crippen LogP contribution in [-0.2, 0) is 17.9 Å². The maximum atomic E-state index is 11.9. The van der Waals surface area contributed by atoms with Gasteiger partial charge in [0.15, 0.2) is 5.96 Å².